The van der Waals surface area contributed by atoms with E-state index < -0.39 is 8.07 Å². The number of aryl methyl sites for hydroxylation is 2. The number of benzene rings is 1. The van der Waals surface area contributed by atoms with Gasteiger partial charge in [0.25, 0.3) is 0 Å². The summed E-state index contributed by atoms with van der Waals surface area (Å²) in [4.78, 5) is 0. The molecule has 2 rings (SSSR count). The molecule has 0 aliphatic heterocycles. The Hall–Kier alpha value is 0.371. The van der Waals surface area contributed by atoms with Crippen LogP contribution in [0.3, 0.4) is 0 Å². The van der Waals surface area contributed by atoms with Gasteiger partial charge in [-0.05, 0) is 20.3 Å². The Morgan fingerprint density at radius 2 is 1.41 bits per heavy atom. The van der Waals surface area contributed by atoms with Crippen LogP contribution < -0.4 is 42.4 Å². The van der Waals surface area contributed by atoms with Crippen molar-refractivity contribution in [1.29, 1.82) is 0 Å². The minimum atomic E-state index is -1.15. The van der Waals surface area contributed by atoms with E-state index in [0.29, 0.717) is 0 Å². The fourth-order valence-corrected chi connectivity index (χ4v) is 3.68. The van der Waals surface area contributed by atoms with Crippen LogP contribution in [-0.2, 0) is 28.1 Å². The van der Waals surface area contributed by atoms with Gasteiger partial charge in [-0.2, -0.15) is 17.7 Å². The van der Waals surface area contributed by atoms with Crippen molar-refractivity contribution < 1.29 is 58.9 Å². The molecule has 0 radical (unpaired) electrons. The summed E-state index contributed by atoms with van der Waals surface area (Å²) in [5, 5.41) is 1.57. The third-order valence-corrected chi connectivity index (χ3v) is 5.42. The molecule has 0 N–H and O–H groups in total. The van der Waals surface area contributed by atoms with Crippen molar-refractivity contribution in [3.8, 4) is 0 Å². The Morgan fingerprint density at radius 3 is 1.82 bits per heavy atom. The molecule has 0 atom stereocenters. The second-order valence-corrected chi connectivity index (χ2v) is 11.5. The van der Waals surface area contributed by atoms with Gasteiger partial charge in [0, 0.05) is 8.07 Å². The number of halogens is 3. The molecule has 120 valence electrons. The van der Waals surface area contributed by atoms with Crippen LogP contribution >= 0.6 is 0 Å². The molecule has 0 amide bonds. The first-order valence-electron chi connectivity index (χ1n) is 6.68. The van der Waals surface area contributed by atoms with Crippen LogP contribution in [0.4, 0.5) is 0 Å². The average Bonchev–Trinajstić information content (AvgIpc) is 2.63. The van der Waals surface area contributed by atoms with E-state index in [4.69, 9.17) is 0 Å². The van der Waals surface area contributed by atoms with Gasteiger partial charge in [0.2, 0.25) is 0 Å². The summed E-state index contributed by atoms with van der Waals surface area (Å²) >= 11 is 0. The molecular formula is C17H23Cl3SiTi. The molecule has 0 fully saturated rings. The average molecular weight is 410 g/mol. The summed E-state index contributed by atoms with van der Waals surface area (Å²) in [5.74, 6) is 0. The van der Waals surface area contributed by atoms with Crippen LogP contribution in [0.1, 0.15) is 22.3 Å². The largest absolute Gasteiger partial charge is 4.00 e. The van der Waals surface area contributed by atoms with Crippen molar-refractivity contribution in [3.63, 3.8) is 0 Å². The van der Waals surface area contributed by atoms with Crippen molar-refractivity contribution in [1.82, 2.24) is 0 Å². The van der Waals surface area contributed by atoms with Crippen LogP contribution in [0.5, 0.6) is 0 Å². The Bertz CT molecular complexity index is 539. The van der Waals surface area contributed by atoms with E-state index in [1.54, 1.807) is 5.19 Å². The Kier molecular flexibility index (Phi) is 13.6. The normalized spacial score (nSPS) is 9.68. The molecule has 0 nitrogen and oxygen atoms in total. The Labute approximate surface area is 170 Å². The molecule has 2 aromatic carbocycles. The SMILES string of the molecule is Cc1cc(C)cc(C[c-]2ccc([Si](C)(C)C)c2)c1.[Cl-].[Cl-].[Cl-].[Ti+4]. The number of rotatable bonds is 3. The van der Waals surface area contributed by atoms with E-state index in [9.17, 15) is 0 Å². The third kappa shape index (κ3) is 7.77. The van der Waals surface area contributed by atoms with E-state index in [1.165, 1.54) is 22.3 Å². The van der Waals surface area contributed by atoms with Crippen LogP contribution in [0.25, 0.3) is 0 Å². The zero-order valence-electron chi connectivity index (χ0n) is 13.8. The Balaban J connectivity index is -0.000000902. The van der Waals surface area contributed by atoms with Crippen molar-refractivity contribution in [3.05, 3.63) is 58.7 Å². The zero-order valence-corrected chi connectivity index (χ0v) is 18.6. The maximum atomic E-state index is 2.41. The van der Waals surface area contributed by atoms with E-state index >= 15 is 0 Å². The van der Waals surface area contributed by atoms with Crippen LogP contribution in [-0.4, -0.2) is 8.07 Å². The van der Waals surface area contributed by atoms with Gasteiger partial charge < -0.3 is 37.2 Å². The topological polar surface area (TPSA) is 0 Å². The van der Waals surface area contributed by atoms with Gasteiger partial charge in [-0.15, -0.1) is 0 Å². The summed E-state index contributed by atoms with van der Waals surface area (Å²) in [7, 11) is -1.15. The molecule has 0 unspecified atom stereocenters. The van der Waals surface area contributed by atoms with E-state index in [0.717, 1.165) is 6.42 Å². The summed E-state index contributed by atoms with van der Waals surface area (Å²) in [6, 6.07) is 13.9. The predicted octanol–water partition coefficient (Wildman–Crippen LogP) is -4.83. The Morgan fingerprint density at radius 1 is 0.909 bits per heavy atom. The van der Waals surface area contributed by atoms with Crippen LogP contribution in [0, 0.1) is 13.8 Å². The van der Waals surface area contributed by atoms with Gasteiger partial charge >= 0.3 is 21.7 Å². The van der Waals surface area contributed by atoms with Crippen LogP contribution in [0.15, 0.2) is 36.4 Å². The fraction of sp³-hybridized carbons (Fsp3) is 0.353. The van der Waals surface area contributed by atoms with Gasteiger partial charge in [0.05, 0.1) is 0 Å². The first-order valence-corrected chi connectivity index (χ1v) is 10.2. The van der Waals surface area contributed by atoms with E-state index in [1.807, 2.05) is 0 Å². The molecule has 0 bridgehead atoms. The smallest absolute Gasteiger partial charge is 1.00 e. The molecule has 0 heterocycles. The van der Waals surface area contributed by atoms with Crippen molar-refractivity contribution >= 4 is 13.3 Å². The second-order valence-electron chi connectivity index (χ2n) is 6.43. The third-order valence-electron chi connectivity index (χ3n) is 3.37. The molecule has 22 heavy (non-hydrogen) atoms. The molecule has 0 aliphatic rings. The maximum absolute atomic E-state index is 2.41. The molecule has 0 aromatic heterocycles. The summed E-state index contributed by atoms with van der Waals surface area (Å²) < 4.78 is 0. The van der Waals surface area contributed by atoms with Gasteiger partial charge in [-0.3, -0.25) is 0 Å². The minimum Gasteiger partial charge on any atom is -1.00 e. The maximum Gasteiger partial charge on any atom is 4.00 e. The summed E-state index contributed by atoms with van der Waals surface area (Å²) in [6.45, 7) is 11.6. The molecule has 0 saturated carbocycles. The van der Waals surface area contributed by atoms with Gasteiger partial charge in [0.1, 0.15) is 0 Å². The van der Waals surface area contributed by atoms with Gasteiger partial charge in [-0.25, -0.2) is 11.3 Å². The van der Waals surface area contributed by atoms with Gasteiger partial charge in [-0.1, -0.05) is 54.5 Å². The molecule has 0 aliphatic carbocycles. The monoisotopic (exact) mass is 408 g/mol. The molecule has 2 aromatic rings. The first kappa shape index (κ1) is 27.2. The predicted molar refractivity (Wildman–Crippen MR) is 83.7 cm³/mol. The standard InChI is InChI=1S/C17H23Si.3ClH.Ti/c1-13-8-14(2)10-16(9-13)11-15-6-7-17(12-15)18(3,4)5;;;;/h6-10,12H,11H2,1-5H3;3*1H;/q-1;;;;+4/p-3. The van der Waals surface area contributed by atoms with Crippen LogP contribution in [0.2, 0.25) is 19.6 Å². The van der Waals surface area contributed by atoms with E-state index in [-0.39, 0.29) is 58.9 Å². The quantitative estimate of drug-likeness (QED) is 0.353. The first-order chi connectivity index (χ1) is 8.34. The second kappa shape index (κ2) is 11.0. The summed E-state index contributed by atoms with van der Waals surface area (Å²) in [5.41, 5.74) is 5.61. The van der Waals surface area contributed by atoms with E-state index in [2.05, 4.69) is 69.9 Å². The van der Waals surface area contributed by atoms with Gasteiger partial charge in [0.15, 0.2) is 0 Å². The molecule has 0 spiro atoms. The minimum absolute atomic E-state index is 0. The molecular weight excluding hydrogens is 386 g/mol. The van der Waals surface area contributed by atoms with Crippen molar-refractivity contribution in [2.45, 2.75) is 39.9 Å². The zero-order chi connectivity index (χ0) is 13.3. The molecule has 0 saturated heterocycles. The fourth-order valence-electron chi connectivity index (χ4n) is 2.48. The molecule has 5 heteroatoms. The number of hydrogen-bond acceptors (Lipinski definition) is 0. The van der Waals surface area contributed by atoms with Crippen molar-refractivity contribution in [2.24, 2.45) is 0 Å². The van der Waals surface area contributed by atoms with Crippen molar-refractivity contribution in [2.75, 3.05) is 0 Å². The number of hydrogen-bond donors (Lipinski definition) is 0. The summed E-state index contributed by atoms with van der Waals surface area (Å²) in [6.07, 6.45) is 1.06.